The van der Waals surface area contributed by atoms with Gasteiger partial charge in [0.2, 0.25) is 0 Å². The van der Waals surface area contributed by atoms with E-state index >= 15 is 0 Å². The summed E-state index contributed by atoms with van der Waals surface area (Å²) < 4.78 is 14.3. The van der Waals surface area contributed by atoms with Gasteiger partial charge >= 0.3 is 0 Å². The lowest BCUT2D eigenvalue weighted by Gasteiger charge is -2.13. The maximum absolute atomic E-state index is 13.7. The fourth-order valence-corrected chi connectivity index (χ4v) is 4.00. The number of halogens is 2. The second kappa shape index (κ2) is 6.83. The molecule has 1 aromatic heterocycles. The number of nitrogens with one attached hydrogen (secondary N) is 1. The molecule has 0 fully saturated rings. The summed E-state index contributed by atoms with van der Waals surface area (Å²) in [7, 11) is 0. The molecule has 0 amide bonds. The van der Waals surface area contributed by atoms with Crippen molar-refractivity contribution >= 4 is 27.3 Å². The third kappa shape index (κ3) is 3.30. The Morgan fingerprint density at radius 2 is 2.05 bits per heavy atom. The van der Waals surface area contributed by atoms with Gasteiger partial charge in [-0.3, -0.25) is 0 Å². The molecule has 1 atom stereocenters. The second-order valence-electron chi connectivity index (χ2n) is 4.80. The minimum Gasteiger partial charge on any atom is -0.310 e. The fraction of sp³-hybridized carbons (Fsp3) is 0.375. The fourth-order valence-electron chi connectivity index (χ4n) is 2.29. The largest absolute Gasteiger partial charge is 0.310 e. The van der Waals surface area contributed by atoms with E-state index in [4.69, 9.17) is 0 Å². The summed E-state index contributed by atoms with van der Waals surface area (Å²) in [6.45, 7) is 7.26. The smallest absolute Gasteiger partial charge is 0.138 e. The Morgan fingerprint density at radius 3 is 2.70 bits per heavy atom. The topological polar surface area (TPSA) is 12.0 Å². The number of thiophene rings is 1. The van der Waals surface area contributed by atoms with Gasteiger partial charge in [0, 0.05) is 15.8 Å². The van der Waals surface area contributed by atoms with Crippen molar-refractivity contribution in [2.24, 2.45) is 0 Å². The highest BCUT2D eigenvalue weighted by Crippen LogP contribution is 2.35. The highest BCUT2D eigenvalue weighted by Gasteiger charge is 2.14. The third-order valence-corrected chi connectivity index (χ3v) is 5.20. The highest BCUT2D eigenvalue weighted by molar-refractivity contribution is 9.10. The van der Waals surface area contributed by atoms with Crippen LogP contribution in [-0.4, -0.2) is 6.54 Å². The van der Waals surface area contributed by atoms with Gasteiger partial charge in [0.25, 0.3) is 0 Å². The van der Waals surface area contributed by atoms with Crippen molar-refractivity contribution in [1.29, 1.82) is 0 Å². The predicted molar refractivity (Wildman–Crippen MR) is 88.9 cm³/mol. The van der Waals surface area contributed by atoms with Gasteiger partial charge in [0.05, 0.1) is 4.47 Å². The van der Waals surface area contributed by atoms with Gasteiger partial charge in [-0.1, -0.05) is 13.8 Å². The van der Waals surface area contributed by atoms with Crippen LogP contribution in [0.25, 0.3) is 10.4 Å². The van der Waals surface area contributed by atoms with Gasteiger partial charge < -0.3 is 5.32 Å². The molecule has 2 rings (SSSR count). The highest BCUT2D eigenvalue weighted by atomic mass is 79.9. The van der Waals surface area contributed by atoms with Crippen LogP contribution in [0.3, 0.4) is 0 Å². The molecule has 1 N–H and O–H groups in total. The van der Waals surface area contributed by atoms with Gasteiger partial charge in [-0.05, 0) is 71.2 Å². The van der Waals surface area contributed by atoms with Crippen molar-refractivity contribution in [3.63, 3.8) is 0 Å². The lowest BCUT2D eigenvalue weighted by Crippen LogP contribution is -2.18. The monoisotopic (exact) mass is 355 g/mol. The molecule has 20 heavy (non-hydrogen) atoms. The van der Waals surface area contributed by atoms with Crippen LogP contribution in [0.5, 0.6) is 0 Å². The molecule has 1 heterocycles. The summed E-state index contributed by atoms with van der Waals surface area (Å²) in [5.74, 6) is -0.209. The van der Waals surface area contributed by atoms with E-state index in [-0.39, 0.29) is 5.82 Å². The van der Waals surface area contributed by atoms with Gasteiger partial charge in [-0.2, -0.15) is 0 Å². The lowest BCUT2D eigenvalue weighted by atomic mass is 10.1. The van der Waals surface area contributed by atoms with Crippen LogP contribution in [-0.2, 0) is 0 Å². The normalized spacial score (nSPS) is 12.7. The van der Waals surface area contributed by atoms with E-state index in [9.17, 15) is 4.39 Å². The molecule has 0 saturated heterocycles. The lowest BCUT2D eigenvalue weighted by molar-refractivity contribution is 0.545. The molecule has 0 bridgehead atoms. The van der Waals surface area contributed by atoms with Crippen molar-refractivity contribution in [2.45, 2.75) is 33.2 Å². The van der Waals surface area contributed by atoms with Gasteiger partial charge in [-0.15, -0.1) is 11.3 Å². The van der Waals surface area contributed by atoms with Crippen molar-refractivity contribution < 1.29 is 4.39 Å². The van der Waals surface area contributed by atoms with E-state index in [1.165, 1.54) is 4.88 Å². The van der Waals surface area contributed by atoms with Crippen molar-refractivity contribution in [3.05, 3.63) is 45.0 Å². The van der Waals surface area contributed by atoms with E-state index < -0.39 is 0 Å². The summed E-state index contributed by atoms with van der Waals surface area (Å²) in [6, 6.07) is 8.08. The molecule has 0 saturated carbocycles. The van der Waals surface area contributed by atoms with Crippen molar-refractivity contribution in [2.75, 3.05) is 6.54 Å². The van der Waals surface area contributed by atoms with Crippen molar-refractivity contribution in [3.8, 4) is 10.4 Å². The van der Waals surface area contributed by atoms with Crippen LogP contribution in [0.4, 0.5) is 4.39 Å². The van der Waals surface area contributed by atoms with Crippen LogP contribution in [0.2, 0.25) is 0 Å². The number of rotatable bonds is 5. The van der Waals surface area contributed by atoms with Crippen LogP contribution >= 0.6 is 27.3 Å². The molecule has 1 nitrogen and oxygen atoms in total. The van der Waals surface area contributed by atoms with Gasteiger partial charge in [0.1, 0.15) is 5.82 Å². The molecule has 0 aliphatic rings. The zero-order valence-corrected chi connectivity index (χ0v) is 14.4. The molecule has 2 aromatic rings. The minimum atomic E-state index is -0.209. The van der Waals surface area contributed by atoms with Crippen LogP contribution < -0.4 is 5.32 Å². The number of hydrogen-bond acceptors (Lipinski definition) is 2. The van der Waals surface area contributed by atoms with E-state index in [0.29, 0.717) is 10.5 Å². The van der Waals surface area contributed by atoms with Gasteiger partial charge in [0.15, 0.2) is 0 Å². The van der Waals surface area contributed by atoms with Crippen LogP contribution in [0.1, 0.15) is 36.8 Å². The molecular formula is C16H19BrFNS. The van der Waals surface area contributed by atoms with Gasteiger partial charge in [-0.25, -0.2) is 4.39 Å². The summed E-state index contributed by atoms with van der Waals surface area (Å²) in [5.41, 5.74) is 2.07. The van der Waals surface area contributed by atoms with E-state index in [1.54, 1.807) is 17.4 Å². The maximum atomic E-state index is 13.7. The first kappa shape index (κ1) is 15.7. The number of aryl methyl sites for hydroxylation is 1. The SMILES string of the molecule is CCNC(CC)c1ccc(-c2cc(F)c(Br)cc2C)s1. The molecule has 0 spiro atoms. The standard InChI is InChI=1S/C16H19BrFNS/c1-4-14(19-5-2)16-7-6-15(20-16)11-9-13(18)12(17)8-10(11)3/h6-9,14,19H,4-5H2,1-3H3. The first-order valence-electron chi connectivity index (χ1n) is 6.85. The average Bonchev–Trinajstić information content (AvgIpc) is 2.89. The zero-order valence-electron chi connectivity index (χ0n) is 12.0. The average molecular weight is 356 g/mol. The van der Waals surface area contributed by atoms with Crippen molar-refractivity contribution in [1.82, 2.24) is 5.32 Å². The Hall–Kier alpha value is -0.710. The quantitative estimate of drug-likeness (QED) is 0.726. The first-order valence-corrected chi connectivity index (χ1v) is 8.46. The van der Waals surface area contributed by atoms with E-state index in [1.807, 2.05) is 13.0 Å². The van der Waals surface area contributed by atoms with E-state index in [0.717, 1.165) is 29.0 Å². The number of benzene rings is 1. The summed E-state index contributed by atoms with van der Waals surface area (Å²) in [5, 5.41) is 3.48. The molecule has 108 valence electrons. The van der Waals surface area contributed by atoms with Crippen LogP contribution in [0, 0.1) is 12.7 Å². The molecule has 0 radical (unpaired) electrons. The minimum absolute atomic E-state index is 0.209. The summed E-state index contributed by atoms with van der Waals surface area (Å²) >= 11 is 4.97. The second-order valence-corrected chi connectivity index (χ2v) is 6.77. The Kier molecular flexibility index (Phi) is 5.35. The Morgan fingerprint density at radius 1 is 1.30 bits per heavy atom. The molecule has 0 aliphatic heterocycles. The Balaban J connectivity index is 2.35. The predicted octanol–water partition coefficient (Wildman–Crippen LogP) is 5.69. The summed E-state index contributed by atoms with van der Waals surface area (Å²) in [6.07, 6.45) is 1.06. The molecule has 1 aromatic carbocycles. The molecule has 0 aliphatic carbocycles. The molecular weight excluding hydrogens is 337 g/mol. The van der Waals surface area contributed by atoms with E-state index in [2.05, 4.69) is 47.2 Å². The number of hydrogen-bond donors (Lipinski definition) is 1. The zero-order chi connectivity index (χ0) is 14.7. The molecule has 1 unspecified atom stereocenters. The van der Waals surface area contributed by atoms with Crippen LogP contribution in [0.15, 0.2) is 28.7 Å². The Bertz CT molecular complexity index is 594. The third-order valence-electron chi connectivity index (χ3n) is 3.36. The first-order chi connectivity index (χ1) is 9.56. The molecule has 4 heteroatoms. The maximum Gasteiger partial charge on any atom is 0.138 e. The summed E-state index contributed by atoms with van der Waals surface area (Å²) in [4.78, 5) is 2.44. The Labute approximate surface area is 132 Å².